The summed E-state index contributed by atoms with van der Waals surface area (Å²) in [6.45, 7) is 6.72. The van der Waals surface area contributed by atoms with E-state index in [1.54, 1.807) is 7.11 Å². The van der Waals surface area contributed by atoms with Gasteiger partial charge in [-0.15, -0.1) is 24.0 Å². The van der Waals surface area contributed by atoms with Crippen molar-refractivity contribution in [2.75, 3.05) is 46.6 Å². The Morgan fingerprint density at radius 1 is 1.12 bits per heavy atom. The first-order valence-corrected chi connectivity index (χ1v) is 9.45. The van der Waals surface area contributed by atoms with E-state index in [2.05, 4.69) is 47.9 Å². The Balaban J connectivity index is 0.00000338. The van der Waals surface area contributed by atoms with Crippen molar-refractivity contribution in [2.45, 2.75) is 38.0 Å². The highest BCUT2D eigenvalue weighted by molar-refractivity contribution is 14.0. The highest BCUT2D eigenvalue weighted by Gasteiger charge is 2.38. The van der Waals surface area contributed by atoms with Gasteiger partial charge in [0.25, 0.3) is 0 Å². The fourth-order valence-electron chi connectivity index (χ4n) is 3.13. The highest BCUT2D eigenvalue weighted by Crippen LogP contribution is 2.43. The first-order valence-electron chi connectivity index (χ1n) is 9.45. The third-order valence-corrected chi connectivity index (χ3v) is 4.77. The van der Waals surface area contributed by atoms with E-state index in [0.717, 1.165) is 38.6 Å². The number of nitrogens with one attached hydrogen (secondary N) is 2. The maximum absolute atomic E-state index is 5.49. The minimum absolute atomic E-state index is 0. The van der Waals surface area contributed by atoms with Gasteiger partial charge >= 0.3 is 0 Å². The monoisotopic (exact) mass is 475 g/mol. The molecule has 1 saturated carbocycles. The van der Waals surface area contributed by atoms with Crippen molar-refractivity contribution >= 4 is 29.9 Å². The normalized spacial score (nSPS) is 15.7. The highest BCUT2D eigenvalue weighted by atomic mass is 127. The molecule has 0 bridgehead atoms. The Morgan fingerprint density at radius 2 is 1.88 bits per heavy atom. The van der Waals surface area contributed by atoms with Gasteiger partial charge in [-0.3, -0.25) is 4.99 Å². The summed E-state index contributed by atoms with van der Waals surface area (Å²) >= 11 is 0. The SMILES string of the molecule is CCNC(=NCC1(c2ccccc2)CCC1)NCCCOCCOC.I. The van der Waals surface area contributed by atoms with Crippen LogP contribution in [0.15, 0.2) is 35.3 Å². The molecule has 0 spiro atoms. The number of aliphatic imine (C=N–C) groups is 1. The van der Waals surface area contributed by atoms with Gasteiger partial charge in [0.15, 0.2) is 5.96 Å². The zero-order chi connectivity index (χ0) is 17.8. The van der Waals surface area contributed by atoms with Crippen molar-refractivity contribution in [3.8, 4) is 0 Å². The van der Waals surface area contributed by atoms with Crippen molar-refractivity contribution in [1.29, 1.82) is 0 Å². The van der Waals surface area contributed by atoms with Crippen LogP contribution in [0.1, 0.15) is 38.2 Å². The number of hydrogen-bond acceptors (Lipinski definition) is 3. The smallest absolute Gasteiger partial charge is 0.191 e. The minimum atomic E-state index is 0. The van der Waals surface area contributed by atoms with E-state index in [-0.39, 0.29) is 29.4 Å². The van der Waals surface area contributed by atoms with E-state index < -0.39 is 0 Å². The Hall–Kier alpha value is -0.860. The van der Waals surface area contributed by atoms with Crippen LogP contribution in [0.5, 0.6) is 0 Å². The fourth-order valence-corrected chi connectivity index (χ4v) is 3.13. The topological polar surface area (TPSA) is 54.9 Å². The van der Waals surface area contributed by atoms with Crippen molar-refractivity contribution < 1.29 is 9.47 Å². The van der Waals surface area contributed by atoms with Crippen LogP contribution in [0.2, 0.25) is 0 Å². The van der Waals surface area contributed by atoms with E-state index in [4.69, 9.17) is 14.5 Å². The average Bonchev–Trinajstić information content (AvgIpc) is 2.61. The van der Waals surface area contributed by atoms with Gasteiger partial charge in [-0.1, -0.05) is 36.8 Å². The zero-order valence-electron chi connectivity index (χ0n) is 16.1. The largest absolute Gasteiger partial charge is 0.382 e. The van der Waals surface area contributed by atoms with Gasteiger partial charge in [-0.05, 0) is 31.7 Å². The standard InChI is InChI=1S/C20H33N3O2.HI/c1-3-21-19(22-13-8-14-25-16-15-24-2)23-17-20(11-7-12-20)18-9-5-4-6-10-18;/h4-6,9-10H,3,7-8,11-17H2,1-2H3,(H2,21,22,23);1H. The van der Waals surface area contributed by atoms with Gasteiger partial charge in [-0.25, -0.2) is 0 Å². The number of nitrogens with zero attached hydrogens (tertiary/aromatic N) is 1. The fraction of sp³-hybridized carbons (Fsp3) is 0.650. The summed E-state index contributed by atoms with van der Waals surface area (Å²) in [5.41, 5.74) is 1.65. The van der Waals surface area contributed by atoms with Crippen molar-refractivity contribution in [2.24, 2.45) is 4.99 Å². The molecule has 0 saturated heterocycles. The first-order chi connectivity index (χ1) is 12.3. The van der Waals surface area contributed by atoms with Crippen molar-refractivity contribution in [3.63, 3.8) is 0 Å². The average molecular weight is 475 g/mol. The summed E-state index contributed by atoms with van der Waals surface area (Å²) in [6.07, 6.45) is 4.71. The number of halogens is 1. The summed E-state index contributed by atoms with van der Waals surface area (Å²) in [6, 6.07) is 10.8. The van der Waals surface area contributed by atoms with E-state index in [0.29, 0.717) is 13.2 Å². The quantitative estimate of drug-likeness (QED) is 0.223. The van der Waals surface area contributed by atoms with Gasteiger partial charge < -0.3 is 20.1 Å². The lowest BCUT2D eigenvalue weighted by Gasteiger charge is -2.41. The van der Waals surface area contributed by atoms with E-state index in [1.807, 2.05) is 0 Å². The molecule has 1 aromatic rings. The predicted molar refractivity (Wildman–Crippen MR) is 119 cm³/mol. The summed E-state index contributed by atoms with van der Waals surface area (Å²) in [5.74, 6) is 0.904. The number of hydrogen-bond donors (Lipinski definition) is 2. The van der Waals surface area contributed by atoms with E-state index in [1.165, 1.54) is 24.8 Å². The maximum Gasteiger partial charge on any atom is 0.191 e. The zero-order valence-corrected chi connectivity index (χ0v) is 18.5. The van der Waals surface area contributed by atoms with Crippen LogP contribution in [-0.2, 0) is 14.9 Å². The van der Waals surface area contributed by atoms with Gasteiger partial charge in [0.05, 0.1) is 19.8 Å². The molecular weight excluding hydrogens is 441 g/mol. The molecule has 0 radical (unpaired) electrons. The van der Waals surface area contributed by atoms with Crippen LogP contribution in [-0.4, -0.2) is 52.5 Å². The van der Waals surface area contributed by atoms with Gasteiger partial charge in [0, 0.05) is 32.2 Å². The molecule has 0 amide bonds. The van der Waals surface area contributed by atoms with Gasteiger partial charge in [0.2, 0.25) is 0 Å². The van der Waals surface area contributed by atoms with Crippen LogP contribution >= 0.6 is 24.0 Å². The van der Waals surface area contributed by atoms with Crippen LogP contribution in [0.4, 0.5) is 0 Å². The molecule has 1 fully saturated rings. The van der Waals surface area contributed by atoms with Gasteiger partial charge in [-0.2, -0.15) is 0 Å². The molecule has 2 N–H and O–H groups in total. The number of methoxy groups -OCH3 is 1. The lowest BCUT2D eigenvalue weighted by molar-refractivity contribution is 0.0698. The molecule has 1 aromatic carbocycles. The number of benzene rings is 1. The van der Waals surface area contributed by atoms with Crippen LogP contribution in [0, 0.1) is 0 Å². The molecule has 0 aliphatic heterocycles. The summed E-state index contributed by atoms with van der Waals surface area (Å²) in [5, 5.41) is 6.76. The molecule has 1 aliphatic carbocycles. The molecule has 0 unspecified atom stereocenters. The Kier molecular flexibility index (Phi) is 11.9. The second-order valence-electron chi connectivity index (χ2n) is 6.58. The first kappa shape index (κ1) is 23.2. The molecule has 148 valence electrons. The van der Waals surface area contributed by atoms with Crippen molar-refractivity contribution in [1.82, 2.24) is 10.6 Å². The third kappa shape index (κ3) is 7.40. The lowest BCUT2D eigenvalue weighted by Crippen LogP contribution is -2.42. The Morgan fingerprint density at radius 3 is 2.50 bits per heavy atom. The molecule has 1 aliphatic rings. The Labute approximate surface area is 175 Å². The number of ether oxygens (including phenoxy) is 2. The number of rotatable bonds is 11. The van der Waals surface area contributed by atoms with Gasteiger partial charge in [0.1, 0.15) is 0 Å². The van der Waals surface area contributed by atoms with E-state index in [9.17, 15) is 0 Å². The Bertz CT molecular complexity index is 507. The minimum Gasteiger partial charge on any atom is -0.382 e. The van der Waals surface area contributed by atoms with E-state index >= 15 is 0 Å². The van der Waals surface area contributed by atoms with Crippen LogP contribution in [0.25, 0.3) is 0 Å². The molecule has 0 heterocycles. The maximum atomic E-state index is 5.49. The predicted octanol–water partition coefficient (Wildman–Crippen LogP) is 3.33. The molecule has 0 atom stereocenters. The summed E-state index contributed by atoms with van der Waals surface area (Å²) in [4.78, 5) is 4.86. The molecule has 26 heavy (non-hydrogen) atoms. The van der Waals surface area contributed by atoms with Crippen LogP contribution in [0.3, 0.4) is 0 Å². The third-order valence-electron chi connectivity index (χ3n) is 4.77. The second-order valence-corrected chi connectivity index (χ2v) is 6.58. The van der Waals surface area contributed by atoms with Crippen molar-refractivity contribution in [3.05, 3.63) is 35.9 Å². The molecule has 5 nitrogen and oxygen atoms in total. The summed E-state index contributed by atoms with van der Waals surface area (Å²) < 4.78 is 10.5. The summed E-state index contributed by atoms with van der Waals surface area (Å²) in [7, 11) is 1.69. The molecule has 2 rings (SSSR count). The lowest BCUT2D eigenvalue weighted by atomic mass is 9.64. The molecule has 6 heteroatoms. The second kappa shape index (κ2) is 13.3. The van der Waals surface area contributed by atoms with Crippen LogP contribution < -0.4 is 10.6 Å². The molecular formula is C20H34IN3O2. The number of guanidine groups is 1. The molecule has 0 aromatic heterocycles.